The van der Waals surface area contributed by atoms with E-state index < -0.39 is 10.0 Å². The molecule has 0 amide bonds. The Hall–Kier alpha value is -2.43. The molecular formula is C17H21N5O4S. The molecule has 1 fully saturated rings. The number of sulfonamides is 1. The number of nitrogens with zero attached hydrogens (tertiary/aromatic N) is 2. The number of hydrogen-bond donors (Lipinski definition) is 3. The van der Waals surface area contributed by atoms with E-state index in [2.05, 4.69) is 19.8 Å². The first kappa shape index (κ1) is 18.0. The Bertz CT molecular complexity index is 1110. The highest BCUT2D eigenvalue weighted by molar-refractivity contribution is 7.89. The highest BCUT2D eigenvalue weighted by atomic mass is 32.2. The molecule has 0 unspecified atom stereocenters. The van der Waals surface area contributed by atoms with Crippen LogP contribution in [0, 0.1) is 0 Å². The van der Waals surface area contributed by atoms with E-state index in [9.17, 15) is 13.2 Å². The molecule has 3 heterocycles. The van der Waals surface area contributed by atoms with Crippen molar-refractivity contribution in [3.05, 3.63) is 46.6 Å². The lowest BCUT2D eigenvalue weighted by atomic mass is 9.99. The molecule has 0 aliphatic carbocycles. The van der Waals surface area contributed by atoms with E-state index in [0.29, 0.717) is 24.1 Å². The molecule has 4 rings (SSSR count). The molecule has 0 radical (unpaired) electrons. The second-order valence-electron chi connectivity index (χ2n) is 6.58. The Morgan fingerprint density at radius 3 is 2.93 bits per heavy atom. The minimum atomic E-state index is -3.77. The number of aryl methyl sites for hydroxylation is 1. The first-order valence-electron chi connectivity index (χ1n) is 8.84. The zero-order chi connectivity index (χ0) is 19.0. The molecular weight excluding hydrogens is 370 g/mol. The second kappa shape index (κ2) is 6.95. The van der Waals surface area contributed by atoms with E-state index in [-0.39, 0.29) is 22.7 Å². The maximum absolute atomic E-state index is 12.9. The average molecular weight is 391 g/mol. The molecule has 1 aromatic carbocycles. The van der Waals surface area contributed by atoms with Gasteiger partial charge in [-0.1, -0.05) is 0 Å². The van der Waals surface area contributed by atoms with Crippen LogP contribution in [0.5, 0.6) is 0 Å². The summed E-state index contributed by atoms with van der Waals surface area (Å²) in [5.41, 5.74) is 1.49. The summed E-state index contributed by atoms with van der Waals surface area (Å²) in [4.78, 5) is 16.7. The molecule has 144 valence electrons. The summed E-state index contributed by atoms with van der Waals surface area (Å²) in [6.07, 6.45) is 4.66. The first-order chi connectivity index (χ1) is 13.0. The molecule has 1 aliphatic heterocycles. The third-order valence-corrected chi connectivity index (χ3v) is 6.22. The van der Waals surface area contributed by atoms with Crippen LogP contribution in [0.4, 0.5) is 0 Å². The van der Waals surface area contributed by atoms with E-state index in [1.165, 1.54) is 12.1 Å². The molecule has 0 saturated carbocycles. The molecule has 2 atom stereocenters. The van der Waals surface area contributed by atoms with Crippen LogP contribution in [0.2, 0.25) is 0 Å². The van der Waals surface area contributed by atoms with Gasteiger partial charge in [-0.25, -0.2) is 17.9 Å². The third kappa shape index (κ3) is 3.55. The van der Waals surface area contributed by atoms with Crippen LogP contribution in [0.15, 0.2) is 40.3 Å². The largest absolute Gasteiger partial charge is 0.372 e. The van der Waals surface area contributed by atoms with Gasteiger partial charge in [0.1, 0.15) is 6.10 Å². The minimum absolute atomic E-state index is 0.0961. The van der Waals surface area contributed by atoms with Gasteiger partial charge in [0.05, 0.1) is 28.2 Å². The van der Waals surface area contributed by atoms with E-state index >= 15 is 0 Å². The first-order valence-corrected chi connectivity index (χ1v) is 10.3. The Balaban J connectivity index is 1.61. The number of rotatable bonds is 5. The van der Waals surface area contributed by atoms with Crippen molar-refractivity contribution < 1.29 is 13.2 Å². The summed E-state index contributed by atoms with van der Waals surface area (Å²) in [6.45, 7) is 3.30. The van der Waals surface area contributed by atoms with Crippen LogP contribution >= 0.6 is 0 Å². The normalized spacial score (nSPS) is 20.9. The molecule has 1 saturated heterocycles. The Morgan fingerprint density at radius 2 is 2.15 bits per heavy atom. The topological polar surface area (TPSA) is 122 Å². The molecule has 0 spiro atoms. The number of ether oxygens (including phenoxy) is 1. The zero-order valence-corrected chi connectivity index (χ0v) is 15.6. The predicted molar refractivity (Wildman–Crippen MR) is 98.9 cm³/mol. The standard InChI is InChI=1S/C17H21N5O4S/c1-2-22-10-11(9-18-22)16-14(4-3-7-26-16)21-27(24,25)12-5-6-13-15(8-12)20-17(23)19-13/h5-6,8-10,14,16,21H,2-4,7H2,1H3,(H2,19,20,23)/t14-,16+/m0/s1. The molecule has 27 heavy (non-hydrogen) atoms. The van der Waals surface area contributed by atoms with Gasteiger partial charge in [0, 0.05) is 24.9 Å². The quantitative estimate of drug-likeness (QED) is 0.605. The lowest BCUT2D eigenvalue weighted by Gasteiger charge is -2.31. The highest BCUT2D eigenvalue weighted by Gasteiger charge is 2.32. The fourth-order valence-electron chi connectivity index (χ4n) is 3.38. The molecule has 9 nitrogen and oxygen atoms in total. The van der Waals surface area contributed by atoms with Crippen molar-refractivity contribution in [3.63, 3.8) is 0 Å². The van der Waals surface area contributed by atoms with E-state index in [4.69, 9.17) is 4.74 Å². The van der Waals surface area contributed by atoms with Crippen molar-refractivity contribution in [2.75, 3.05) is 6.61 Å². The van der Waals surface area contributed by atoms with Crippen LogP contribution in [0.3, 0.4) is 0 Å². The summed E-state index contributed by atoms with van der Waals surface area (Å²) < 4.78 is 36.2. The summed E-state index contributed by atoms with van der Waals surface area (Å²) in [7, 11) is -3.77. The number of imidazole rings is 1. The molecule has 3 N–H and O–H groups in total. The zero-order valence-electron chi connectivity index (χ0n) is 14.8. The van der Waals surface area contributed by atoms with Crippen molar-refractivity contribution in [3.8, 4) is 0 Å². The lowest BCUT2D eigenvalue weighted by molar-refractivity contribution is -0.00447. The number of hydrogen-bond acceptors (Lipinski definition) is 5. The number of nitrogens with one attached hydrogen (secondary N) is 3. The maximum Gasteiger partial charge on any atom is 0.323 e. The minimum Gasteiger partial charge on any atom is -0.372 e. The van der Waals surface area contributed by atoms with Crippen LogP contribution in [0.25, 0.3) is 11.0 Å². The van der Waals surface area contributed by atoms with Crippen molar-refractivity contribution in [1.82, 2.24) is 24.5 Å². The Morgan fingerprint density at radius 1 is 1.33 bits per heavy atom. The van der Waals surface area contributed by atoms with E-state index in [1.54, 1.807) is 16.9 Å². The van der Waals surface area contributed by atoms with Gasteiger partial charge in [-0.15, -0.1) is 0 Å². The van der Waals surface area contributed by atoms with Gasteiger partial charge in [-0.3, -0.25) is 4.68 Å². The number of aromatic nitrogens is 4. The Labute approximate surface area is 155 Å². The van der Waals surface area contributed by atoms with Gasteiger partial charge in [0.25, 0.3) is 0 Å². The molecule has 3 aromatic rings. The number of aromatic amines is 2. The summed E-state index contributed by atoms with van der Waals surface area (Å²) in [5.74, 6) is 0. The summed E-state index contributed by atoms with van der Waals surface area (Å²) in [6, 6.07) is 4.10. The SMILES string of the molecule is CCn1cc([C@H]2OCCC[C@@H]2NS(=O)(=O)c2ccc3[nH]c(=O)[nH]c3c2)cn1. The van der Waals surface area contributed by atoms with Crippen molar-refractivity contribution in [2.45, 2.75) is 43.4 Å². The fraction of sp³-hybridized carbons (Fsp3) is 0.412. The van der Waals surface area contributed by atoms with E-state index in [1.807, 2.05) is 13.1 Å². The number of H-pyrrole nitrogens is 2. The van der Waals surface area contributed by atoms with Crippen LogP contribution < -0.4 is 10.4 Å². The highest BCUT2D eigenvalue weighted by Crippen LogP contribution is 2.29. The second-order valence-corrected chi connectivity index (χ2v) is 8.29. The monoisotopic (exact) mass is 391 g/mol. The molecule has 0 bridgehead atoms. The van der Waals surface area contributed by atoms with Crippen LogP contribution in [-0.4, -0.2) is 40.8 Å². The van der Waals surface area contributed by atoms with Crippen molar-refractivity contribution in [1.29, 1.82) is 0 Å². The number of benzene rings is 1. The fourth-order valence-corrected chi connectivity index (χ4v) is 4.67. The van der Waals surface area contributed by atoms with Gasteiger partial charge in [-0.2, -0.15) is 5.10 Å². The van der Waals surface area contributed by atoms with Crippen LogP contribution in [-0.2, 0) is 21.3 Å². The average Bonchev–Trinajstić information content (AvgIpc) is 3.26. The molecule has 2 aromatic heterocycles. The Kier molecular flexibility index (Phi) is 4.62. The molecule has 10 heteroatoms. The summed E-state index contributed by atoms with van der Waals surface area (Å²) in [5, 5.41) is 4.26. The van der Waals surface area contributed by atoms with Crippen molar-refractivity contribution in [2.24, 2.45) is 0 Å². The van der Waals surface area contributed by atoms with E-state index in [0.717, 1.165) is 18.5 Å². The van der Waals surface area contributed by atoms with Gasteiger partial charge >= 0.3 is 5.69 Å². The molecule has 1 aliphatic rings. The smallest absolute Gasteiger partial charge is 0.323 e. The van der Waals surface area contributed by atoms with Crippen LogP contribution in [0.1, 0.15) is 31.4 Å². The van der Waals surface area contributed by atoms with Gasteiger partial charge in [0.15, 0.2) is 0 Å². The predicted octanol–water partition coefficient (Wildman–Crippen LogP) is 1.27. The van der Waals surface area contributed by atoms with Gasteiger partial charge in [-0.05, 0) is 38.0 Å². The summed E-state index contributed by atoms with van der Waals surface area (Å²) >= 11 is 0. The van der Waals surface area contributed by atoms with Crippen molar-refractivity contribution >= 4 is 21.1 Å². The maximum atomic E-state index is 12.9. The van der Waals surface area contributed by atoms with Gasteiger partial charge in [0.2, 0.25) is 10.0 Å². The van der Waals surface area contributed by atoms with Gasteiger partial charge < -0.3 is 14.7 Å². The number of fused-ring (bicyclic) bond motifs is 1. The third-order valence-electron chi connectivity index (χ3n) is 4.73. The lowest BCUT2D eigenvalue weighted by Crippen LogP contribution is -2.42.